The van der Waals surface area contributed by atoms with Gasteiger partial charge in [0.1, 0.15) is 12.1 Å². The van der Waals surface area contributed by atoms with E-state index in [0.29, 0.717) is 34.5 Å². The molecule has 1 saturated heterocycles. The van der Waals surface area contributed by atoms with Crippen molar-refractivity contribution in [1.82, 2.24) is 19.8 Å². The van der Waals surface area contributed by atoms with E-state index in [9.17, 15) is 9.18 Å². The minimum atomic E-state index is -0.576. The molecule has 1 atom stereocenters. The molecule has 0 bridgehead atoms. The van der Waals surface area contributed by atoms with Gasteiger partial charge in [-0.2, -0.15) is 0 Å². The Bertz CT molecular complexity index is 1410. The number of carbonyl (C=O) groups excluding carboxylic acids is 1. The Hall–Kier alpha value is -3.51. The van der Waals surface area contributed by atoms with Gasteiger partial charge in [0.15, 0.2) is 5.82 Å². The fourth-order valence-electron chi connectivity index (χ4n) is 4.19. The molecule has 1 aliphatic rings. The first-order chi connectivity index (χ1) is 17.6. The molecule has 4 rings (SSSR count). The molecule has 0 spiro atoms. The van der Waals surface area contributed by atoms with Gasteiger partial charge in [-0.1, -0.05) is 35.6 Å². The highest BCUT2D eigenvalue weighted by Gasteiger charge is 2.30. The van der Waals surface area contributed by atoms with Gasteiger partial charge >= 0.3 is 0 Å². The number of benzene rings is 2. The van der Waals surface area contributed by atoms with Crippen molar-refractivity contribution in [2.45, 2.75) is 13.3 Å². The zero-order valence-electron chi connectivity index (χ0n) is 21.4. The van der Waals surface area contributed by atoms with Crippen LogP contribution in [0.2, 0.25) is 5.02 Å². The van der Waals surface area contributed by atoms with Crippen molar-refractivity contribution in [2.24, 2.45) is 5.41 Å². The summed E-state index contributed by atoms with van der Waals surface area (Å²) in [5, 5.41) is 6.56. The Balaban J connectivity index is 1.75. The minimum Gasteiger partial charge on any atom is -0.337 e. The molecule has 0 radical (unpaired) electrons. The predicted molar refractivity (Wildman–Crippen MR) is 148 cm³/mol. The molecule has 2 N–H and O–H groups in total. The first kappa shape index (κ1) is 26.6. The number of carbonyl (C=O) groups is 1. The topological polar surface area (TPSA) is 73.4 Å². The van der Waals surface area contributed by atoms with Crippen LogP contribution in [0.1, 0.15) is 18.9 Å². The number of halogens is 2. The fraction of sp³-hybridized carbons (Fsp3) is 0.321. The lowest BCUT2D eigenvalue weighted by Crippen LogP contribution is -2.20. The van der Waals surface area contributed by atoms with Crippen molar-refractivity contribution in [3.8, 4) is 11.8 Å². The quantitative estimate of drug-likeness (QED) is 0.355. The van der Waals surface area contributed by atoms with Gasteiger partial charge in [0.05, 0.1) is 27.5 Å². The summed E-state index contributed by atoms with van der Waals surface area (Å²) in [5.74, 6) is 6.24. The summed E-state index contributed by atoms with van der Waals surface area (Å²) in [6, 6.07) is 8.30. The second kappa shape index (κ2) is 11.3. The molecule has 1 aromatic heterocycles. The average Bonchev–Trinajstić information content (AvgIpc) is 3.19. The van der Waals surface area contributed by atoms with E-state index in [1.54, 1.807) is 24.3 Å². The van der Waals surface area contributed by atoms with Crippen molar-refractivity contribution in [2.75, 3.05) is 51.4 Å². The van der Waals surface area contributed by atoms with Crippen molar-refractivity contribution in [3.05, 3.63) is 65.2 Å². The first-order valence-corrected chi connectivity index (χ1v) is 12.4. The Morgan fingerprint density at radius 3 is 2.84 bits per heavy atom. The van der Waals surface area contributed by atoms with Crippen LogP contribution in [0.25, 0.3) is 10.9 Å². The average molecular weight is 521 g/mol. The number of anilines is 3. The van der Waals surface area contributed by atoms with E-state index >= 15 is 0 Å². The Labute approximate surface area is 221 Å². The third kappa shape index (κ3) is 6.63. The van der Waals surface area contributed by atoms with Crippen LogP contribution in [0, 0.1) is 23.1 Å². The van der Waals surface area contributed by atoms with Gasteiger partial charge in [0.2, 0.25) is 5.91 Å². The van der Waals surface area contributed by atoms with E-state index in [1.165, 1.54) is 18.5 Å². The van der Waals surface area contributed by atoms with Gasteiger partial charge in [0, 0.05) is 30.0 Å². The largest absolute Gasteiger partial charge is 0.337 e. The number of fused-ring (bicyclic) bond motifs is 1. The van der Waals surface area contributed by atoms with E-state index in [0.717, 1.165) is 19.5 Å². The molecule has 0 aliphatic carbocycles. The van der Waals surface area contributed by atoms with E-state index in [-0.39, 0.29) is 22.0 Å². The maximum Gasteiger partial charge on any atom is 0.248 e. The summed E-state index contributed by atoms with van der Waals surface area (Å²) in [5.41, 5.74) is 1.83. The lowest BCUT2D eigenvalue weighted by Gasteiger charge is -2.16. The molecule has 1 unspecified atom stereocenters. The van der Waals surface area contributed by atoms with E-state index in [4.69, 9.17) is 11.6 Å². The maximum atomic E-state index is 14.6. The van der Waals surface area contributed by atoms with Gasteiger partial charge in [-0.3, -0.25) is 4.79 Å². The smallest absolute Gasteiger partial charge is 0.248 e. The van der Waals surface area contributed by atoms with Crippen LogP contribution >= 0.6 is 11.6 Å². The Morgan fingerprint density at radius 1 is 1.30 bits per heavy atom. The van der Waals surface area contributed by atoms with Crippen LogP contribution in [-0.4, -0.2) is 66.5 Å². The van der Waals surface area contributed by atoms with Crippen LogP contribution in [0.4, 0.5) is 21.6 Å². The zero-order chi connectivity index (χ0) is 26.6. The number of amides is 1. The molecule has 9 heteroatoms. The van der Waals surface area contributed by atoms with Gasteiger partial charge in [-0.05, 0) is 65.3 Å². The number of likely N-dealkylation sites (N-methyl/N-ethyl adjacent to an activating group) is 1. The van der Waals surface area contributed by atoms with Crippen LogP contribution in [0.5, 0.6) is 0 Å². The predicted octanol–water partition coefficient (Wildman–Crippen LogP) is 4.92. The molecule has 3 aromatic rings. The van der Waals surface area contributed by atoms with Crippen molar-refractivity contribution >= 4 is 45.6 Å². The molecule has 192 valence electrons. The van der Waals surface area contributed by atoms with Gasteiger partial charge in [-0.25, -0.2) is 14.4 Å². The van der Waals surface area contributed by atoms with Gasteiger partial charge in [-0.15, -0.1) is 0 Å². The summed E-state index contributed by atoms with van der Waals surface area (Å²) in [4.78, 5) is 25.7. The highest BCUT2D eigenvalue weighted by molar-refractivity contribution is 6.31. The summed E-state index contributed by atoms with van der Waals surface area (Å²) in [7, 11) is 5.94. The third-order valence-electron chi connectivity index (χ3n) is 6.14. The molecular weight excluding hydrogens is 491 g/mol. The SMILES string of the molecule is CN(C)C/C=C/C(=O)Nc1cc2c(Nc3cccc(Cl)c3F)ncnc2cc1C#CC1(C)CCN(C)C1. The number of hydrogen-bond donors (Lipinski definition) is 2. The number of likely N-dealkylation sites (tertiary alicyclic amines) is 1. The molecule has 2 heterocycles. The van der Waals surface area contributed by atoms with E-state index in [1.807, 2.05) is 25.1 Å². The van der Waals surface area contributed by atoms with Crippen LogP contribution in [0.15, 0.2) is 48.8 Å². The zero-order valence-corrected chi connectivity index (χ0v) is 22.2. The third-order valence-corrected chi connectivity index (χ3v) is 6.43. The fourth-order valence-corrected chi connectivity index (χ4v) is 4.37. The second-order valence-corrected chi connectivity index (χ2v) is 10.2. The first-order valence-electron chi connectivity index (χ1n) is 12.0. The summed E-state index contributed by atoms with van der Waals surface area (Å²) in [6.07, 6.45) is 5.66. The number of nitrogens with one attached hydrogen (secondary N) is 2. The van der Waals surface area contributed by atoms with Crippen molar-refractivity contribution in [1.29, 1.82) is 0 Å². The monoisotopic (exact) mass is 520 g/mol. The molecule has 2 aromatic carbocycles. The molecule has 0 saturated carbocycles. The van der Waals surface area contributed by atoms with Crippen molar-refractivity contribution in [3.63, 3.8) is 0 Å². The highest BCUT2D eigenvalue weighted by atomic mass is 35.5. The van der Waals surface area contributed by atoms with E-state index < -0.39 is 5.82 Å². The van der Waals surface area contributed by atoms with Crippen LogP contribution in [0.3, 0.4) is 0 Å². The molecule has 7 nitrogen and oxygen atoms in total. The normalized spacial score (nSPS) is 17.8. The Kier molecular flexibility index (Phi) is 8.08. The molecule has 1 aliphatic heterocycles. The lowest BCUT2D eigenvalue weighted by atomic mass is 9.90. The molecule has 1 fully saturated rings. The van der Waals surface area contributed by atoms with Crippen molar-refractivity contribution < 1.29 is 9.18 Å². The standard InChI is InChI=1S/C28H30ClFN6O/c1-28(12-14-36(4)17-28)11-10-19-15-24-20(16-23(19)33-25(37)9-6-13-35(2)3)27(32-18-31-24)34-22-8-5-7-21(29)26(22)30/h5-9,15-16,18H,12-14,17H2,1-4H3,(H,33,37)(H,31,32,34)/b9-6+. The van der Waals surface area contributed by atoms with E-state index in [2.05, 4.69) is 51.3 Å². The maximum absolute atomic E-state index is 14.6. The van der Waals surface area contributed by atoms with Crippen LogP contribution in [-0.2, 0) is 4.79 Å². The van der Waals surface area contributed by atoms with Crippen LogP contribution < -0.4 is 10.6 Å². The highest BCUT2D eigenvalue weighted by Crippen LogP contribution is 2.32. The minimum absolute atomic E-state index is 0.00411. The van der Waals surface area contributed by atoms with Gasteiger partial charge < -0.3 is 20.4 Å². The Morgan fingerprint density at radius 2 is 2.11 bits per heavy atom. The summed E-state index contributed by atoms with van der Waals surface area (Å²) < 4.78 is 14.6. The summed E-state index contributed by atoms with van der Waals surface area (Å²) in [6.45, 7) is 4.66. The second-order valence-electron chi connectivity index (χ2n) is 9.82. The van der Waals surface area contributed by atoms with Gasteiger partial charge in [0.25, 0.3) is 0 Å². The molecule has 37 heavy (non-hydrogen) atoms. The number of rotatable bonds is 6. The number of hydrogen-bond acceptors (Lipinski definition) is 6. The number of aromatic nitrogens is 2. The molecule has 1 amide bonds. The lowest BCUT2D eigenvalue weighted by molar-refractivity contribution is -0.111. The summed E-state index contributed by atoms with van der Waals surface area (Å²) >= 11 is 5.95. The number of nitrogens with zero attached hydrogens (tertiary/aromatic N) is 4. The molecular formula is C28H30ClFN6O.